The molecule has 0 radical (unpaired) electrons. The van der Waals surface area contributed by atoms with Crippen molar-refractivity contribution in [2.24, 2.45) is 11.8 Å². The van der Waals surface area contributed by atoms with E-state index in [0.717, 1.165) is 23.6 Å². The Hall–Kier alpha value is -3.09. The molecule has 0 aromatic heterocycles. The molecule has 3 N–H and O–H groups in total. The lowest BCUT2D eigenvalue weighted by Gasteiger charge is -2.27. The molecule has 0 heterocycles. The third kappa shape index (κ3) is 4.75. The number of hydrazine groups is 1. The van der Waals surface area contributed by atoms with Crippen LogP contribution in [0.4, 0.5) is 0 Å². The zero-order chi connectivity index (χ0) is 19.2. The number of carbonyl (C=O) groups is 3. The number of carboxylic acid groups (broad SMARTS) is 1. The first kappa shape index (κ1) is 18.7. The summed E-state index contributed by atoms with van der Waals surface area (Å²) in [4.78, 5) is 35.4. The SMILES string of the molecule is O=C(COc1ccc2ccccc2c1)NNC(=O)[C@H]1CCCC[C@@H]1C(=O)O. The van der Waals surface area contributed by atoms with E-state index in [9.17, 15) is 19.5 Å². The number of hydrogen-bond acceptors (Lipinski definition) is 4. The Morgan fingerprint density at radius 3 is 2.41 bits per heavy atom. The van der Waals surface area contributed by atoms with Gasteiger partial charge in [-0.25, -0.2) is 0 Å². The van der Waals surface area contributed by atoms with Crippen molar-refractivity contribution in [2.45, 2.75) is 25.7 Å². The maximum atomic E-state index is 12.2. The van der Waals surface area contributed by atoms with E-state index in [2.05, 4.69) is 10.9 Å². The first-order chi connectivity index (χ1) is 13.0. The van der Waals surface area contributed by atoms with Crippen LogP contribution in [0.3, 0.4) is 0 Å². The van der Waals surface area contributed by atoms with Gasteiger partial charge in [0, 0.05) is 0 Å². The van der Waals surface area contributed by atoms with E-state index in [4.69, 9.17) is 4.74 Å². The fourth-order valence-electron chi connectivity index (χ4n) is 3.41. The summed E-state index contributed by atoms with van der Waals surface area (Å²) in [5, 5.41) is 11.3. The number of benzene rings is 2. The van der Waals surface area contributed by atoms with E-state index < -0.39 is 29.6 Å². The molecule has 0 bridgehead atoms. The molecule has 2 aromatic rings. The van der Waals surface area contributed by atoms with Gasteiger partial charge in [-0.2, -0.15) is 0 Å². The summed E-state index contributed by atoms with van der Waals surface area (Å²) >= 11 is 0. The molecular weight excluding hydrogens is 348 g/mol. The molecule has 1 aliphatic rings. The number of carboxylic acids is 1. The molecule has 0 unspecified atom stereocenters. The van der Waals surface area contributed by atoms with Crippen LogP contribution in [0.1, 0.15) is 25.7 Å². The van der Waals surface area contributed by atoms with E-state index in [1.807, 2.05) is 36.4 Å². The summed E-state index contributed by atoms with van der Waals surface area (Å²) in [6.45, 7) is -0.258. The van der Waals surface area contributed by atoms with E-state index in [0.29, 0.717) is 18.6 Å². The van der Waals surface area contributed by atoms with Crippen molar-refractivity contribution in [1.29, 1.82) is 0 Å². The quantitative estimate of drug-likeness (QED) is 0.700. The summed E-state index contributed by atoms with van der Waals surface area (Å²) in [6, 6.07) is 13.3. The van der Waals surface area contributed by atoms with Gasteiger partial charge in [0.1, 0.15) is 5.75 Å². The van der Waals surface area contributed by atoms with Crippen LogP contribution in [0.5, 0.6) is 5.75 Å². The molecule has 1 aliphatic carbocycles. The number of nitrogens with one attached hydrogen (secondary N) is 2. The van der Waals surface area contributed by atoms with Crippen molar-refractivity contribution in [2.75, 3.05) is 6.61 Å². The topological polar surface area (TPSA) is 105 Å². The molecule has 0 aliphatic heterocycles. The lowest BCUT2D eigenvalue weighted by Crippen LogP contribution is -2.49. The van der Waals surface area contributed by atoms with Gasteiger partial charge in [0.2, 0.25) is 5.91 Å². The number of rotatable bonds is 5. The minimum absolute atomic E-state index is 0.258. The van der Waals surface area contributed by atoms with Gasteiger partial charge in [0.25, 0.3) is 5.91 Å². The number of ether oxygens (including phenoxy) is 1. The van der Waals surface area contributed by atoms with Crippen LogP contribution >= 0.6 is 0 Å². The van der Waals surface area contributed by atoms with Crippen molar-refractivity contribution in [1.82, 2.24) is 10.9 Å². The van der Waals surface area contributed by atoms with Gasteiger partial charge >= 0.3 is 5.97 Å². The van der Waals surface area contributed by atoms with Crippen molar-refractivity contribution >= 4 is 28.6 Å². The van der Waals surface area contributed by atoms with Gasteiger partial charge in [0.15, 0.2) is 6.61 Å². The molecule has 0 saturated heterocycles. The second-order valence-corrected chi connectivity index (χ2v) is 6.67. The number of carbonyl (C=O) groups excluding carboxylic acids is 2. The molecule has 1 fully saturated rings. The summed E-state index contributed by atoms with van der Waals surface area (Å²) in [5.41, 5.74) is 4.61. The maximum Gasteiger partial charge on any atom is 0.307 e. The standard InChI is InChI=1S/C20H22N2O5/c23-18(12-27-15-10-9-13-5-1-2-6-14(13)11-15)21-22-19(24)16-7-3-4-8-17(16)20(25)26/h1-2,5-6,9-11,16-17H,3-4,7-8,12H2,(H,21,23)(H,22,24)(H,25,26)/t16-,17-/m0/s1. The van der Waals surface area contributed by atoms with Crippen LogP contribution in [0.2, 0.25) is 0 Å². The van der Waals surface area contributed by atoms with Gasteiger partial charge in [-0.15, -0.1) is 0 Å². The van der Waals surface area contributed by atoms with Crippen LogP contribution in [-0.2, 0) is 14.4 Å². The first-order valence-corrected chi connectivity index (χ1v) is 8.97. The molecule has 142 valence electrons. The molecule has 0 spiro atoms. The summed E-state index contributed by atoms with van der Waals surface area (Å²) in [5.74, 6) is -2.74. The average molecular weight is 370 g/mol. The minimum Gasteiger partial charge on any atom is -0.484 e. The summed E-state index contributed by atoms with van der Waals surface area (Å²) in [7, 11) is 0. The molecular formula is C20H22N2O5. The van der Waals surface area contributed by atoms with E-state index in [-0.39, 0.29) is 6.61 Å². The molecule has 3 rings (SSSR count). The number of aliphatic carboxylic acids is 1. The lowest BCUT2D eigenvalue weighted by molar-refractivity contribution is -0.149. The minimum atomic E-state index is -0.971. The monoisotopic (exact) mass is 370 g/mol. The van der Waals surface area contributed by atoms with Crippen molar-refractivity contribution in [3.8, 4) is 5.75 Å². The predicted octanol–water partition coefficient (Wildman–Crippen LogP) is 2.26. The van der Waals surface area contributed by atoms with Gasteiger partial charge in [-0.05, 0) is 35.7 Å². The molecule has 2 atom stereocenters. The van der Waals surface area contributed by atoms with E-state index in [1.54, 1.807) is 6.07 Å². The average Bonchev–Trinajstić information content (AvgIpc) is 2.70. The smallest absolute Gasteiger partial charge is 0.307 e. The van der Waals surface area contributed by atoms with Gasteiger partial charge in [-0.3, -0.25) is 25.2 Å². The Labute approximate surface area is 156 Å². The second kappa shape index (κ2) is 8.53. The Bertz CT molecular complexity index is 851. The lowest BCUT2D eigenvalue weighted by atomic mass is 9.79. The van der Waals surface area contributed by atoms with E-state index in [1.165, 1.54) is 0 Å². The number of amides is 2. The summed E-state index contributed by atoms with van der Waals surface area (Å²) < 4.78 is 5.46. The zero-order valence-corrected chi connectivity index (χ0v) is 14.8. The molecule has 7 nitrogen and oxygen atoms in total. The molecule has 2 aromatic carbocycles. The Morgan fingerprint density at radius 1 is 0.963 bits per heavy atom. The third-order valence-electron chi connectivity index (χ3n) is 4.84. The van der Waals surface area contributed by atoms with Crippen LogP contribution in [-0.4, -0.2) is 29.5 Å². The van der Waals surface area contributed by atoms with Crippen molar-refractivity contribution in [3.63, 3.8) is 0 Å². The third-order valence-corrected chi connectivity index (χ3v) is 4.84. The Kier molecular flexibility index (Phi) is 5.90. The normalized spacial score (nSPS) is 19.3. The Morgan fingerprint density at radius 2 is 1.67 bits per heavy atom. The molecule has 27 heavy (non-hydrogen) atoms. The molecule has 2 amide bonds. The molecule has 1 saturated carbocycles. The highest BCUT2D eigenvalue weighted by molar-refractivity contribution is 5.87. The fourth-order valence-corrected chi connectivity index (χ4v) is 3.41. The van der Waals surface area contributed by atoms with Gasteiger partial charge in [0.05, 0.1) is 11.8 Å². The predicted molar refractivity (Wildman–Crippen MR) is 98.8 cm³/mol. The fraction of sp³-hybridized carbons (Fsp3) is 0.350. The van der Waals surface area contributed by atoms with E-state index >= 15 is 0 Å². The van der Waals surface area contributed by atoms with Crippen molar-refractivity contribution < 1.29 is 24.2 Å². The largest absolute Gasteiger partial charge is 0.484 e. The highest BCUT2D eigenvalue weighted by Crippen LogP contribution is 2.30. The highest BCUT2D eigenvalue weighted by Gasteiger charge is 2.35. The van der Waals surface area contributed by atoms with Crippen LogP contribution in [0.25, 0.3) is 10.8 Å². The maximum absolute atomic E-state index is 12.2. The summed E-state index contributed by atoms with van der Waals surface area (Å²) in [6.07, 6.45) is 2.59. The first-order valence-electron chi connectivity index (χ1n) is 8.97. The van der Waals surface area contributed by atoms with Crippen LogP contribution in [0, 0.1) is 11.8 Å². The number of fused-ring (bicyclic) bond motifs is 1. The molecule has 7 heteroatoms. The van der Waals surface area contributed by atoms with Crippen LogP contribution in [0.15, 0.2) is 42.5 Å². The second-order valence-electron chi connectivity index (χ2n) is 6.67. The van der Waals surface area contributed by atoms with Crippen molar-refractivity contribution in [3.05, 3.63) is 42.5 Å². The van der Waals surface area contributed by atoms with Gasteiger partial charge in [-0.1, -0.05) is 43.2 Å². The highest BCUT2D eigenvalue weighted by atomic mass is 16.5. The van der Waals surface area contributed by atoms with Gasteiger partial charge < -0.3 is 9.84 Å². The van der Waals surface area contributed by atoms with Crippen LogP contribution < -0.4 is 15.6 Å². The number of hydrogen-bond donors (Lipinski definition) is 3. The zero-order valence-electron chi connectivity index (χ0n) is 14.8. The Balaban J connectivity index is 1.48.